The van der Waals surface area contributed by atoms with Gasteiger partial charge in [0.1, 0.15) is 5.69 Å². The first-order valence-electron chi connectivity index (χ1n) is 8.37. The molecule has 2 aliphatic heterocycles. The minimum Gasteiger partial charge on any atom is -0.347 e. The third-order valence-corrected chi connectivity index (χ3v) is 4.77. The fraction of sp³-hybridized carbons (Fsp3) is 0.529. The van der Waals surface area contributed by atoms with Crippen LogP contribution in [0.2, 0.25) is 0 Å². The van der Waals surface area contributed by atoms with Crippen LogP contribution < -0.4 is 4.90 Å². The average molecular weight is 327 g/mol. The Morgan fingerprint density at radius 1 is 1.12 bits per heavy atom. The van der Waals surface area contributed by atoms with E-state index in [1.165, 1.54) is 0 Å². The van der Waals surface area contributed by atoms with Crippen molar-refractivity contribution in [2.24, 2.45) is 5.92 Å². The normalized spacial score (nSPS) is 23.4. The van der Waals surface area contributed by atoms with Crippen LogP contribution >= 0.6 is 0 Å². The van der Waals surface area contributed by atoms with Crippen molar-refractivity contribution in [3.8, 4) is 11.4 Å². The number of rotatable bonds is 3. The highest BCUT2D eigenvalue weighted by molar-refractivity contribution is 5.54. The van der Waals surface area contributed by atoms with E-state index in [2.05, 4.69) is 24.8 Å². The summed E-state index contributed by atoms with van der Waals surface area (Å²) in [6, 6.07) is 1.86. The van der Waals surface area contributed by atoms with E-state index >= 15 is 0 Å². The molecule has 0 aromatic carbocycles. The van der Waals surface area contributed by atoms with Crippen molar-refractivity contribution in [1.29, 1.82) is 0 Å². The highest BCUT2D eigenvalue weighted by atomic mass is 16.7. The van der Waals surface area contributed by atoms with Gasteiger partial charge in [0.15, 0.2) is 5.79 Å². The topological polar surface area (TPSA) is 73.3 Å². The Morgan fingerprint density at radius 3 is 2.79 bits per heavy atom. The molecule has 0 spiro atoms. The van der Waals surface area contributed by atoms with Crippen LogP contribution in [0, 0.1) is 5.92 Å². The lowest BCUT2D eigenvalue weighted by atomic mass is 9.90. The van der Waals surface area contributed by atoms with Gasteiger partial charge in [-0.3, -0.25) is 9.97 Å². The summed E-state index contributed by atoms with van der Waals surface area (Å²) in [5.74, 6) is 0.559. The molecule has 2 aliphatic rings. The maximum absolute atomic E-state index is 5.85. The van der Waals surface area contributed by atoms with Gasteiger partial charge in [0.05, 0.1) is 25.1 Å². The van der Waals surface area contributed by atoms with Crippen LogP contribution in [0.1, 0.15) is 19.8 Å². The lowest BCUT2D eigenvalue weighted by molar-refractivity contribution is -0.182. The summed E-state index contributed by atoms with van der Waals surface area (Å²) in [4.78, 5) is 19.8. The summed E-state index contributed by atoms with van der Waals surface area (Å²) < 4.78 is 11.7. The monoisotopic (exact) mass is 327 g/mol. The van der Waals surface area contributed by atoms with Crippen LogP contribution in [0.15, 0.2) is 30.9 Å². The molecule has 2 aromatic rings. The maximum Gasteiger partial charge on any atom is 0.225 e. The molecule has 7 nitrogen and oxygen atoms in total. The van der Waals surface area contributed by atoms with Crippen molar-refractivity contribution in [1.82, 2.24) is 19.9 Å². The second-order valence-electron chi connectivity index (χ2n) is 6.33. The van der Waals surface area contributed by atoms with Gasteiger partial charge in [-0.15, -0.1) is 0 Å². The van der Waals surface area contributed by atoms with Crippen molar-refractivity contribution in [2.75, 3.05) is 31.2 Å². The molecule has 0 N–H and O–H groups in total. The van der Waals surface area contributed by atoms with E-state index in [4.69, 9.17) is 9.47 Å². The summed E-state index contributed by atoms with van der Waals surface area (Å²) in [6.45, 7) is 5.17. The first-order chi connectivity index (χ1) is 11.7. The molecule has 7 heteroatoms. The Kier molecular flexibility index (Phi) is 4.12. The van der Waals surface area contributed by atoms with E-state index in [9.17, 15) is 0 Å². The van der Waals surface area contributed by atoms with Gasteiger partial charge in [-0.1, -0.05) is 0 Å². The average Bonchev–Trinajstić information content (AvgIpc) is 3.11. The first-order valence-corrected chi connectivity index (χ1v) is 8.37. The van der Waals surface area contributed by atoms with Gasteiger partial charge < -0.3 is 14.4 Å². The zero-order valence-electron chi connectivity index (χ0n) is 13.8. The molecule has 1 unspecified atom stereocenters. The van der Waals surface area contributed by atoms with E-state index in [0.29, 0.717) is 19.1 Å². The van der Waals surface area contributed by atoms with E-state index < -0.39 is 5.79 Å². The number of aromatic nitrogens is 4. The molecule has 126 valence electrons. The fourth-order valence-corrected chi connectivity index (χ4v) is 3.43. The summed E-state index contributed by atoms with van der Waals surface area (Å²) in [5.41, 5.74) is 1.54. The number of ether oxygens (including phenoxy) is 2. The molecule has 0 amide bonds. The van der Waals surface area contributed by atoms with Crippen molar-refractivity contribution in [3.63, 3.8) is 0 Å². The highest BCUT2D eigenvalue weighted by Gasteiger charge is 2.42. The standard InChI is InChI=1S/C17H21N5O2/c1-17(23-9-10-24-17)13-3-2-8-22(12-13)16-20-5-4-14(21-16)15-11-18-6-7-19-15/h4-7,11,13H,2-3,8-10,12H2,1H3. The van der Waals surface area contributed by atoms with Crippen molar-refractivity contribution >= 4 is 5.95 Å². The predicted molar refractivity (Wildman–Crippen MR) is 88.3 cm³/mol. The van der Waals surface area contributed by atoms with E-state index in [1.54, 1.807) is 24.8 Å². The molecule has 4 heterocycles. The maximum atomic E-state index is 5.85. The van der Waals surface area contributed by atoms with Gasteiger partial charge in [0.25, 0.3) is 0 Å². The lowest BCUT2D eigenvalue weighted by Gasteiger charge is -2.39. The molecular weight excluding hydrogens is 306 g/mol. The molecule has 24 heavy (non-hydrogen) atoms. The molecule has 2 saturated heterocycles. The molecular formula is C17H21N5O2. The number of piperidine rings is 1. The van der Waals surface area contributed by atoms with Crippen LogP contribution in [0.25, 0.3) is 11.4 Å². The van der Waals surface area contributed by atoms with Crippen molar-refractivity contribution < 1.29 is 9.47 Å². The van der Waals surface area contributed by atoms with Crippen LogP contribution in [-0.2, 0) is 9.47 Å². The van der Waals surface area contributed by atoms with Gasteiger partial charge >= 0.3 is 0 Å². The van der Waals surface area contributed by atoms with Gasteiger partial charge in [-0.25, -0.2) is 9.97 Å². The van der Waals surface area contributed by atoms with E-state index in [-0.39, 0.29) is 0 Å². The summed E-state index contributed by atoms with van der Waals surface area (Å²) in [7, 11) is 0. The molecule has 0 aliphatic carbocycles. The third-order valence-electron chi connectivity index (χ3n) is 4.77. The van der Waals surface area contributed by atoms with Crippen LogP contribution in [0.4, 0.5) is 5.95 Å². The van der Waals surface area contributed by atoms with E-state index in [1.807, 2.05) is 13.0 Å². The third kappa shape index (κ3) is 2.97. The minimum absolute atomic E-state index is 0.317. The molecule has 4 rings (SSSR count). The second-order valence-corrected chi connectivity index (χ2v) is 6.33. The Balaban J connectivity index is 1.55. The number of anilines is 1. The predicted octanol–water partition coefficient (Wildman–Crippen LogP) is 1.91. The van der Waals surface area contributed by atoms with Crippen molar-refractivity contribution in [3.05, 3.63) is 30.9 Å². The summed E-state index contributed by atoms with van der Waals surface area (Å²) >= 11 is 0. The highest BCUT2D eigenvalue weighted by Crippen LogP contribution is 2.35. The summed E-state index contributed by atoms with van der Waals surface area (Å²) in [5, 5.41) is 0. The Labute approximate surface area is 141 Å². The van der Waals surface area contributed by atoms with Gasteiger partial charge in [0, 0.05) is 37.6 Å². The minimum atomic E-state index is -0.485. The Bertz CT molecular complexity index is 690. The number of nitrogens with zero attached hydrogens (tertiary/aromatic N) is 5. The molecule has 1 atom stereocenters. The zero-order chi connectivity index (χ0) is 16.4. The van der Waals surface area contributed by atoms with Gasteiger partial charge in [-0.05, 0) is 25.8 Å². The lowest BCUT2D eigenvalue weighted by Crippen LogP contribution is -2.47. The molecule has 0 saturated carbocycles. The molecule has 2 aromatic heterocycles. The molecule has 0 bridgehead atoms. The zero-order valence-corrected chi connectivity index (χ0v) is 13.8. The summed E-state index contributed by atoms with van der Waals surface area (Å²) in [6.07, 6.45) is 8.99. The quantitative estimate of drug-likeness (QED) is 0.852. The van der Waals surface area contributed by atoms with Gasteiger partial charge in [-0.2, -0.15) is 0 Å². The molecule has 2 fully saturated rings. The second kappa shape index (κ2) is 6.41. The van der Waals surface area contributed by atoms with Gasteiger partial charge in [0.2, 0.25) is 5.95 Å². The SMILES string of the molecule is CC1(C2CCCN(c3nccc(-c4cnccn4)n3)C2)OCCO1. The Hall–Kier alpha value is -2.12. The Morgan fingerprint density at radius 2 is 2.00 bits per heavy atom. The number of hydrogen-bond acceptors (Lipinski definition) is 7. The van der Waals surface area contributed by atoms with E-state index in [0.717, 1.165) is 43.3 Å². The van der Waals surface area contributed by atoms with Crippen LogP contribution in [-0.4, -0.2) is 52.0 Å². The largest absolute Gasteiger partial charge is 0.347 e. The molecule has 0 radical (unpaired) electrons. The smallest absolute Gasteiger partial charge is 0.225 e. The number of hydrogen-bond donors (Lipinski definition) is 0. The van der Waals surface area contributed by atoms with Crippen molar-refractivity contribution in [2.45, 2.75) is 25.6 Å². The van der Waals surface area contributed by atoms with Crippen LogP contribution in [0.5, 0.6) is 0 Å². The van der Waals surface area contributed by atoms with Crippen LogP contribution in [0.3, 0.4) is 0 Å². The first kappa shape index (κ1) is 15.4. The fourth-order valence-electron chi connectivity index (χ4n) is 3.43.